The van der Waals surface area contributed by atoms with Crippen molar-refractivity contribution in [3.05, 3.63) is 42.6 Å². The van der Waals surface area contributed by atoms with Crippen LogP contribution >= 0.6 is 0 Å². The highest BCUT2D eigenvalue weighted by atomic mass is 32.2. The number of amides is 2. The van der Waals surface area contributed by atoms with Crippen molar-refractivity contribution in [2.75, 3.05) is 13.2 Å². The van der Waals surface area contributed by atoms with Crippen LogP contribution < -0.4 is 14.2 Å². The van der Waals surface area contributed by atoms with Gasteiger partial charge in [0.25, 0.3) is 0 Å². The average molecular weight is 766 g/mol. The highest BCUT2D eigenvalue weighted by molar-refractivity contribution is 7.90. The number of carbonyl (C=O) groups excluding carboxylic acids is 4. The Labute approximate surface area is 318 Å². The number of rotatable bonds is 9. The molecule has 0 radical (unpaired) electrons. The molecule has 3 fully saturated rings. The minimum atomic E-state index is -3.85. The smallest absolute Gasteiger partial charge is 0.307 e. The van der Waals surface area contributed by atoms with Crippen LogP contribution in [0.3, 0.4) is 0 Å². The van der Waals surface area contributed by atoms with Gasteiger partial charge in [0, 0.05) is 23.6 Å². The summed E-state index contributed by atoms with van der Waals surface area (Å²) in [7, 11) is -3.85. The number of ether oxygens (including phenoxy) is 3. The lowest BCUT2D eigenvalue weighted by Crippen LogP contribution is -2.47. The minimum absolute atomic E-state index is 0.0597. The van der Waals surface area contributed by atoms with Crippen molar-refractivity contribution in [3.8, 4) is 11.6 Å². The van der Waals surface area contributed by atoms with Crippen LogP contribution in [0.4, 0.5) is 0 Å². The molecule has 1 N–H and O–H groups in total. The Morgan fingerprint density at radius 1 is 1.06 bits per heavy atom. The summed E-state index contributed by atoms with van der Waals surface area (Å²) in [6.07, 6.45) is 8.23. The molecule has 1 unspecified atom stereocenters. The predicted octanol–water partition coefficient (Wildman–Crippen LogP) is 5.92. The Hall–Kier alpha value is -4.00. The standard InChI is InChI=1S/C41H55N3O9S/c1-7-51-35-23-42-37(31-15-11-10-14-30(31)35)52-28-19-33-34(45)22-41(39(48)43-54(49,50)29-16-17-29)21-27(41)13-9-8-12-25(2)18-26(3)32(38(47)44(33)24-28)20-36(46)53-40(4,5)6/h9-11,13-15,23,25-29,32-33H,7-8,12,16-22,24H2,1-6H3,(H,43,48)/b13-9-/t25-,26-,27-,28-,32?,33+,41-/m1/s1. The molecule has 4 aliphatic rings. The summed E-state index contributed by atoms with van der Waals surface area (Å²) in [4.78, 5) is 62.7. The molecule has 2 aliphatic heterocycles. The van der Waals surface area contributed by atoms with Crippen molar-refractivity contribution >= 4 is 44.4 Å². The number of allylic oxidation sites excluding steroid dienone is 2. The SMILES string of the molecule is CCOc1cnc(O[C@@H]2C[C@H]3C(=O)C[C@]4(C(=O)NS(=O)(=O)C5CC5)C[C@H]4/C=C\CC[C@@H](C)C[C@@H](C)C(CC(=O)OC(C)(C)C)C(=O)N3C2)c2ccccc12. The molecular weight excluding hydrogens is 711 g/mol. The van der Waals surface area contributed by atoms with Crippen molar-refractivity contribution in [3.63, 3.8) is 0 Å². The highest BCUT2D eigenvalue weighted by Crippen LogP contribution is 2.57. The number of benzene rings is 1. The number of fused-ring (bicyclic) bond motifs is 3. The van der Waals surface area contributed by atoms with Crippen molar-refractivity contribution < 1.29 is 41.8 Å². The number of hydrogen-bond acceptors (Lipinski definition) is 10. The predicted molar refractivity (Wildman–Crippen MR) is 203 cm³/mol. The van der Waals surface area contributed by atoms with E-state index in [4.69, 9.17) is 14.2 Å². The second-order valence-corrected chi connectivity index (χ2v) is 18.9. The van der Waals surface area contributed by atoms with Crippen LogP contribution in [-0.4, -0.2) is 78.0 Å². The molecule has 2 aromatic rings. The molecule has 2 saturated carbocycles. The molecule has 0 spiro atoms. The molecule has 1 saturated heterocycles. The van der Waals surface area contributed by atoms with E-state index in [0.717, 1.165) is 23.6 Å². The summed E-state index contributed by atoms with van der Waals surface area (Å²) in [5, 5.41) is 0.935. The van der Waals surface area contributed by atoms with E-state index in [1.807, 2.05) is 50.3 Å². The van der Waals surface area contributed by atoms with Crippen LogP contribution in [-0.2, 0) is 33.9 Å². The number of pyridine rings is 1. The molecule has 294 valence electrons. The number of nitrogens with one attached hydrogen (secondary N) is 1. The summed E-state index contributed by atoms with van der Waals surface area (Å²) in [6.45, 7) is 11.9. The quantitative estimate of drug-likeness (QED) is 0.240. The molecule has 54 heavy (non-hydrogen) atoms. The zero-order valence-electron chi connectivity index (χ0n) is 32.3. The van der Waals surface area contributed by atoms with E-state index in [9.17, 15) is 27.6 Å². The number of ketones is 1. The molecule has 1 aromatic carbocycles. The lowest BCUT2D eigenvalue weighted by molar-refractivity contribution is -0.160. The number of nitrogens with zero attached hydrogens (tertiary/aromatic N) is 2. The summed E-state index contributed by atoms with van der Waals surface area (Å²) >= 11 is 0. The van der Waals surface area contributed by atoms with E-state index >= 15 is 0 Å². The number of aromatic nitrogens is 1. The number of esters is 1. The molecule has 1 aromatic heterocycles. The summed E-state index contributed by atoms with van der Waals surface area (Å²) in [6, 6.07) is 6.59. The maximum atomic E-state index is 14.8. The molecule has 2 amide bonds. The Bertz CT molecular complexity index is 1900. The summed E-state index contributed by atoms with van der Waals surface area (Å²) < 4.78 is 46.1. The van der Waals surface area contributed by atoms with E-state index < -0.39 is 56.2 Å². The topological polar surface area (TPSA) is 158 Å². The first-order chi connectivity index (χ1) is 25.5. The Morgan fingerprint density at radius 3 is 2.46 bits per heavy atom. The molecule has 3 heterocycles. The van der Waals surface area contributed by atoms with Gasteiger partial charge in [0.2, 0.25) is 27.7 Å². The van der Waals surface area contributed by atoms with Crippen LogP contribution in [0.2, 0.25) is 0 Å². The number of carbonyl (C=O) groups is 4. The molecule has 12 nitrogen and oxygen atoms in total. The van der Waals surface area contributed by atoms with Gasteiger partial charge in [-0.3, -0.25) is 23.9 Å². The first kappa shape index (κ1) is 39.7. The molecule has 7 atom stereocenters. The molecule has 6 rings (SSSR count). The maximum Gasteiger partial charge on any atom is 0.307 e. The van der Waals surface area contributed by atoms with Crippen LogP contribution in [0, 0.1) is 29.1 Å². The third-order valence-corrected chi connectivity index (χ3v) is 13.1. The van der Waals surface area contributed by atoms with E-state index in [-0.39, 0.29) is 55.3 Å². The number of hydrogen-bond donors (Lipinski definition) is 1. The van der Waals surface area contributed by atoms with E-state index in [2.05, 4.69) is 16.6 Å². The van der Waals surface area contributed by atoms with Crippen molar-refractivity contribution in [1.82, 2.24) is 14.6 Å². The second kappa shape index (κ2) is 15.6. The third-order valence-electron chi connectivity index (χ3n) is 11.3. The van der Waals surface area contributed by atoms with Crippen LogP contribution in [0.1, 0.15) is 99.3 Å². The number of sulfonamides is 1. The Kier molecular flexibility index (Phi) is 11.5. The van der Waals surface area contributed by atoms with Gasteiger partial charge in [-0.05, 0) is 90.0 Å². The van der Waals surface area contributed by atoms with Crippen LogP contribution in [0.5, 0.6) is 11.6 Å². The van der Waals surface area contributed by atoms with Gasteiger partial charge in [-0.25, -0.2) is 13.4 Å². The van der Waals surface area contributed by atoms with Gasteiger partial charge in [-0.15, -0.1) is 0 Å². The zero-order chi connectivity index (χ0) is 39.0. The third kappa shape index (κ3) is 8.92. The lowest BCUT2D eigenvalue weighted by atomic mass is 9.82. The Morgan fingerprint density at radius 2 is 1.78 bits per heavy atom. The molecule has 0 bridgehead atoms. The second-order valence-electron chi connectivity index (χ2n) is 16.9. The van der Waals surface area contributed by atoms with Crippen LogP contribution in [0.15, 0.2) is 42.6 Å². The Balaban J connectivity index is 1.35. The van der Waals surface area contributed by atoms with E-state index in [0.29, 0.717) is 43.9 Å². The molecule has 13 heteroatoms. The molecular formula is C41H55N3O9S. The molecule has 2 aliphatic carbocycles. The fourth-order valence-corrected chi connectivity index (χ4v) is 9.60. The lowest BCUT2D eigenvalue weighted by Gasteiger charge is -2.32. The van der Waals surface area contributed by atoms with Gasteiger partial charge in [0.05, 0.1) is 48.4 Å². The maximum absolute atomic E-state index is 14.8. The van der Waals surface area contributed by atoms with Gasteiger partial charge in [-0.1, -0.05) is 44.2 Å². The van der Waals surface area contributed by atoms with Crippen molar-refractivity contribution in [1.29, 1.82) is 0 Å². The number of Topliss-reactive ketones (excluding diaryl/α,β-unsaturated/α-hetero) is 1. The van der Waals surface area contributed by atoms with Crippen molar-refractivity contribution in [2.24, 2.45) is 29.1 Å². The van der Waals surface area contributed by atoms with Gasteiger partial charge in [-0.2, -0.15) is 0 Å². The van der Waals surface area contributed by atoms with Gasteiger partial charge >= 0.3 is 5.97 Å². The summed E-state index contributed by atoms with van der Waals surface area (Å²) in [5.74, 6) is -1.98. The van der Waals surface area contributed by atoms with Crippen LogP contribution in [0.25, 0.3) is 10.8 Å². The highest BCUT2D eigenvalue weighted by Gasteiger charge is 2.61. The minimum Gasteiger partial charge on any atom is -0.492 e. The zero-order valence-corrected chi connectivity index (χ0v) is 33.2. The average Bonchev–Trinajstić information content (AvgIpc) is 4.02. The summed E-state index contributed by atoms with van der Waals surface area (Å²) in [5.41, 5.74) is -1.99. The largest absolute Gasteiger partial charge is 0.492 e. The normalized spacial score (nSPS) is 30.0. The van der Waals surface area contributed by atoms with Gasteiger partial charge < -0.3 is 19.1 Å². The van der Waals surface area contributed by atoms with E-state index in [1.54, 1.807) is 27.0 Å². The first-order valence-electron chi connectivity index (χ1n) is 19.5. The monoisotopic (exact) mass is 765 g/mol. The fraction of sp³-hybridized carbons (Fsp3) is 0.634. The van der Waals surface area contributed by atoms with Gasteiger partial charge in [0.15, 0.2) is 5.78 Å². The van der Waals surface area contributed by atoms with Crippen molar-refractivity contribution in [2.45, 2.75) is 122 Å². The van der Waals surface area contributed by atoms with Gasteiger partial charge in [0.1, 0.15) is 17.5 Å². The van der Waals surface area contributed by atoms with E-state index in [1.165, 1.54) is 4.90 Å². The first-order valence-corrected chi connectivity index (χ1v) is 21.0. The fourth-order valence-electron chi connectivity index (χ4n) is 8.21.